The smallest absolute Gasteiger partial charge is 0.498 e. The van der Waals surface area contributed by atoms with Gasteiger partial charge in [-0.25, -0.2) is 0 Å². The van der Waals surface area contributed by atoms with Crippen LogP contribution in [0.15, 0.2) is 30.9 Å². The maximum atomic E-state index is 7.76. The van der Waals surface area contributed by atoms with Gasteiger partial charge in [0.2, 0.25) is 0 Å². The third kappa shape index (κ3) is 31.0. The number of hydrogen-bond acceptors (Lipinski definition) is 1. The molecule has 2 fully saturated rings. The summed E-state index contributed by atoms with van der Waals surface area (Å²) in [7, 11) is -1.14. The topological polar surface area (TPSA) is 20.2 Å². The van der Waals surface area contributed by atoms with Gasteiger partial charge in [-0.1, -0.05) is 58.0 Å². The monoisotopic (exact) mass is 473 g/mol. The van der Waals surface area contributed by atoms with Gasteiger partial charge in [-0.05, 0) is 70.6 Å². The maximum Gasteiger partial charge on any atom is 3.00 e. The Kier molecular flexibility index (Phi) is 29.8. The Morgan fingerprint density at radius 3 is 1.43 bits per heavy atom. The Hall–Kier alpha value is 0.280. The van der Waals surface area contributed by atoms with Gasteiger partial charge in [-0.3, -0.25) is 5.57 Å². The number of hydrogen-bond donors (Lipinski definition) is 1. The molecule has 2 aliphatic rings. The van der Waals surface area contributed by atoms with E-state index in [1.165, 1.54) is 30.9 Å². The summed E-state index contributed by atoms with van der Waals surface area (Å²) in [5.74, 6) is 0. The minimum atomic E-state index is -1.14. The van der Waals surface area contributed by atoms with Crippen LogP contribution in [-0.4, -0.2) is 19.8 Å². The quantitative estimate of drug-likeness (QED) is 0.251. The fourth-order valence-corrected chi connectivity index (χ4v) is 3.24. The average molecular weight is 475 g/mol. The summed E-state index contributed by atoms with van der Waals surface area (Å²) in [6.45, 7) is 16.3. The first-order valence-electron chi connectivity index (χ1n) is 9.70. The predicted octanol–water partition coefficient (Wildman–Crippen LogP) is 6.56. The molecule has 11 radical (unpaired) electrons. The summed E-state index contributed by atoms with van der Waals surface area (Å²) < 4.78 is 0. The second-order valence-corrected chi connectivity index (χ2v) is 11.7. The van der Waals surface area contributed by atoms with Crippen LogP contribution in [0.2, 0.25) is 19.6 Å². The first-order valence-corrected chi connectivity index (χ1v) is 13.2. The van der Waals surface area contributed by atoms with Crippen molar-refractivity contribution in [1.29, 1.82) is 0 Å². The molecular formula is C25H39OSiZr+2. The van der Waals surface area contributed by atoms with Crippen molar-refractivity contribution in [2.24, 2.45) is 0 Å². The van der Waals surface area contributed by atoms with Gasteiger partial charge in [0.25, 0.3) is 0 Å². The molecule has 1 nitrogen and oxygen atoms in total. The van der Waals surface area contributed by atoms with E-state index in [4.69, 9.17) is 5.11 Å². The van der Waals surface area contributed by atoms with Crippen LogP contribution in [0.3, 0.4) is 0 Å². The van der Waals surface area contributed by atoms with Crippen molar-refractivity contribution in [3.8, 4) is 0 Å². The van der Waals surface area contributed by atoms with Crippen molar-refractivity contribution in [2.75, 3.05) is 6.61 Å². The zero-order valence-corrected chi connectivity index (χ0v) is 21.8. The van der Waals surface area contributed by atoms with Crippen molar-refractivity contribution in [2.45, 2.75) is 52.2 Å². The molecule has 0 spiro atoms. The minimum Gasteiger partial charge on any atom is -0.498 e. The molecule has 0 amide bonds. The van der Waals surface area contributed by atoms with Gasteiger partial charge in [0.05, 0.1) is 6.61 Å². The minimum absolute atomic E-state index is 0. The van der Waals surface area contributed by atoms with E-state index in [1.54, 1.807) is 0 Å². The van der Waals surface area contributed by atoms with E-state index in [9.17, 15) is 0 Å². The zero-order chi connectivity index (χ0) is 20.8. The van der Waals surface area contributed by atoms with Gasteiger partial charge in [-0.2, -0.15) is 0 Å². The van der Waals surface area contributed by atoms with E-state index in [0.717, 1.165) is 6.42 Å². The second-order valence-electron chi connectivity index (χ2n) is 6.97. The molecule has 2 aliphatic carbocycles. The molecule has 28 heavy (non-hydrogen) atoms. The van der Waals surface area contributed by atoms with Crippen LogP contribution >= 0.6 is 0 Å². The van der Waals surface area contributed by atoms with Crippen molar-refractivity contribution < 1.29 is 31.3 Å². The number of aliphatic hydroxyl groups excluding tert-OH is 1. The standard InChI is InChI=1S/C12H23Si.2C5H5.C3H6O.Zr/c1-6-8-10-12(9-7-2)11-13(3,4)5;2*1-2-4-5-3-1;1-2-3-4;/h7H,2,6,8-10H2,1,3-5H3;2*1-5H;2,4H,1,3H2;/q-1;;;;+3. The van der Waals surface area contributed by atoms with E-state index in [2.05, 4.69) is 45.4 Å². The van der Waals surface area contributed by atoms with Gasteiger partial charge in [0, 0.05) is 0 Å². The van der Waals surface area contributed by atoms with Crippen molar-refractivity contribution >= 4 is 8.07 Å². The fourth-order valence-electron chi connectivity index (χ4n) is 1.95. The third-order valence-corrected chi connectivity index (χ3v) is 4.12. The van der Waals surface area contributed by atoms with Gasteiger partial charge >= 0.3 is 26.2 Å². The molecule has 2 rings (SSSR count). The summed E-state index contributed by atoms with van der Waals surface area (Å²) in [6, 6.07) is 0. The number of allylic oxidation sites excluding steroid dienone is 2. The SMILES string of the molecule is C=CCC(=[C-][Si](C)(C)C)CCCC.C=CCO.[CH]1[CH][CH][CH][CH]1.[CH]1[CH][CH][CH][CH]1.[Zr+3]. The van der Waals surface area contributed by atoms with Gasteiger partial charge < -0.3 is 10.8 Å². The largest absolute Gasteiger partial charge is 3.00 e. The fraction of sp³-hybridized carbons (Fsp3) is 0.360. The van der Waals surface area contributed by atoms with E-state index in [0.29, 0.717) is 0 Å². The van der Waals surface area contributed by atoms with Crippen LogP contribution in [0.4, 0.5) is 0 Å². The van der Waals surface area contributed by atoms with Gasteiger partial charge in [0.1, 0.15) is 0 Å². The molecule has 0 atom stereocenters. The van der Waals surface area contributed by atoms with Crippen LogP contribution in [-0.2, 0) is 26.2 Å². The van der Waals surface area contributed by atoms with E-state index < -0.39 is 8.07 Å². The van der Waals surface area contributed by atoms with E-state index in [1.807, 2.05) is 70.3 Å². The second kappa shape index (κ2) is 25.3. The Morgan fingerprint density at radius 1 is 0.857 bits per heavy atom. The van der Waals surface area contributed by atoms with E-state index >= 15 is 0 Å². The Labute approximate surface area is 198 Å². The summed E-state index contributed by atoms with van der Waals surface area (Å²) in [6.07, 6.45) is 28.2. The first kappa shape index (κ1) is 32.9. The molecule has 1 N–H and O–H groups in total. The summed E-state index contributed by atoms with van der Waals surface area (Å²) in [4.78, 5) is 0. The molecule has 3 heteroatoms. The number of rotatable bonds is 7. The molecule has 0 aromatic heterocycles. The molecular weight excluding hydrogens is 436 g/mol. The van der Waals surface area contributed by atoms with Crippen LogP contribution in [0.25, 0.3) is 0 Å². The van der Waals surface area contributed by atoms with Gasteiger partial charge in [-0.15, -0.1) is 21.2 Å². The Balaban J connectivity index is -0.000000340. The predicted molar refractivity (Wildman–Crippen MR) is 125 cm³/mol. The molecule has 0 aromatic rings. The van der Waals surface area contributed by atoms with Crippen LogP contribution in [0.1, 0.15) is 32.6 Å². The molecule has 0 aliphatic heterocycles. The van der Waals surface area contributed by atoms with Crippen LogP contribution in [0, 0.1) is 69.9 Å². The Bertz CT molecular complexity index is 325. The van der Waals surface area contributed by atoms with Crippen LogP contribution < -0.4 is 0 Å². The molecule has 0 aromatic carbocycles. The Morgan fingerprint density at radius 2 is 1.21 bits per heavy atom. The van der Waals surface area contributed by atoms with Crippen molar-refractivity contribution in [3.05, 3.63) is 101 Å². The zero-order valence-electron chi connectivity index (χ0n) is 18.3. The molecule has 0 bridgehead atoms. The van der Waals surface area contributed by atoms with Crippen molar-refractivity contribution in [1.82, 2.24) is 0 Å². The summed E-state index contributed by atoms with van der Waals surface area (Å²) in [5.41, 5.74) is 5.16. The average Bonchev–Trinajstić information content (AvgIpc) is 3.37. The molecule has 0 unspecified atom stereocenters. The third-order valence-electron chi connectivity index (χ3n) is 3.01. The summed E-state index contributed by atoms with van der Waals surface area (Å²) >= 11 is 0. The maximum absolute atomic E-state index is 7.76. The molecule has 151 valence electrons. The van der Waals surface area contributed by atoms with Crippen molar-refractivity contribution in [3.63, 3.8) is 0 Å². The van der Waals surface area contributed by atoms with E-state index in [-0.39, 0.29) is 32.8 Å². The van der Waals surface area contributed by atoms with Crippen LogP contribution in [0.5, 0.6) is 0 Å². The normalized spacial score (nSPS) is 15.5. The first-order chi connectivity index (χ1) is 12.9. The summed E-state index contributed by atoms with van der Waals surface area (Å²) in [5, 5.41) is 7.76. The molecule has 0 saturated heterocycles. The molecule has 2 saturated carbocycles. The molecule has 0 heterocycles. The number of aliphatic hydroxyl groups is 1. The van der Waals surface area contributed by atoms with Gasteiger partial charge in [0.15, 0.2) is 0 Å². The number of unbranched alkanes of at least 4 members (excludes halogenated alkanes) is 1.